The summed E-state index contributed by atoms with van der Waals surface area (Å²) in [5.74, 6) is 1.42. The first-order valence-corrected chi connectivity index (χ1v) is 33.6. The standard InChI is InChI=1S/C21H12N.C19H12N.C18H12N3.C12H8N2O.C11H8N.C9H6NS.5Ir/c1-2-13-22-19(6-1)17-11-9-16-8-7-14-4-3-5-15-10-12-18(17)21(16)20(14)15;1-2-8-15-14(7-1)13-18(19-11-5-6-12-20-19)17-10-4-3-9-16(15)17;1-3-8-14(9-4-1)17-20-16-12-7-13-19-18(16)21(17)15-10-5-2-6-11-15;1-2-7-11-9(5-1)14-12(15-11)10-6-3-4-8-13-10;1-2-6-10(7-3-1)11-8-4-5-9-12-11;1-2-6-10-8(4-1)9-5-3-7-11-9;;;;;/h1-10,12-13H;1-12H;1-8,10-13H;1-8H;1-6,8-9H;1-4,6-7H;;;;;/q3*-1;;2*-1;;;;;. The topological polar surface area (TPSA) is 121 Å². The second kappa shape index (κ2) is 38.7. The zero-order chi connectivity index (χ0) is 67.8. The molecule has 0 bridgehead atoms. The van der Waals surface area contributed by atoms with E-state index in [4.69, 9.17) is 9.40 Å². The molecule has 0 saturated heterocycles. The molecule has 0 aliphatic heterocycles. The van der Waals surface area contributed by atoms with Crippen LogP contribution in [-0.4, -0.2) is 44.4 Å². The number of nitrogens with zero attached hydrogens (tertiary/aromatic N) is 9. The van der Waals surface area contributed by atoms with Crippen molar-refractivity contribution >= 4 is 87.5 Å². The number of para-hydroxylation sites is 3. The number of oxazole rings is 1. The number of aromatic nitrogens is 9. The Bertz CT molecular complexity index is 5940. The maximum absolute atomic E-state index is 5.58. The molecular weight excluding hydrogens is 2220 g/mol. The molecule has 525 valence electrons. The van der Waals surface area contributed by atoms with Crippen LogP contribution in [0.4, 0.5) is 0 Å². The normalized spacial score (nSPS) is 10.3. The molecule has 0 atom stereocenters. The summed E-state index contributed by atoms with van der Waals surface area (Å²) < 4.78 is 7.65. The molecule has 9 heterocycles. The van der Waals surface area contributed by atoms with Crippen molar-refractivity contribution in [2.45, 2.75) is 0 Å². The van der Waals surface area contributed by atoms with E-state index < -0.39 is 0 Å². The van der Waals surface area contributed by atoms with Crippen LogP contribution >= 0.6 is 11.3 Å². The van der Waals surface area contributed by atoms with Gasteiger partial charge in [-0.15, -0.1) is 112 Å². The maximum Gasteiger partial charge on any atom is 0.246 e. The second-order valence-electron chi connectivity index (χ2n) is 22.9. The Morgan fingerprint density at radius 1 is 0.330 bits per heavy atom. The zero-order valence-electron chi connectivity index (χ0n) is 56.0. The van der Waals surface area contributed by atoms with Crippen LogP contribution in [-0.2, 0) is 101 Å². The van der Waals surface area contributed by atoms with Crippen LogP contribution in [0.2, 0.25) is 0 Å². The van der Waals surface area contributed by atoms with E-state index >= 15 is 0 Å². The molecule has 0 spiro atoms. The van der Waals surface area contributed by atoms with Gasteiger partial charge in [0.25, 0.3) is 0 Å². The minimum Gasteiger partial charge on any atom is -0.435 e. The summed E-state index contributed by atoms with van der Waals surface area (Å²) in [5.41, 5.74) is 13.2. The first-order valence-electron chi connectivity index (χ1n) is 32.8. The van der Waals surface area contributed by atoms with E-state index in [1.54, 1.807) is 36.1 Å². The first-order chi connectivity index (χ1) is 50.1. The molecule has 10 nitrogen and oxygen atoms in total. The third-order valence-corrected chi connectivity index (χ3v) is 17.4. The summed E-state index contributed by atoms with van der Waals surface area (Å²) in [6.45, 7) is 0. The summed E-state index contributed by atoms with van der Waals surface area (Å²) in [7, 11) is 0. The average molecular weight is 2270 g/mol. The van der Waals surface area contributed by atoms with Crippen molar-refractivity contribution in [2.75, 3.05) is 0 Å². The largest absolute Gasteiger partial charge is 0.435 e. The van der Waals surface area contributed by atoms with Crippen LogP contribution < -0.4 is 0 Å². The molecule has 5 radical (unpaired) electrons. The van der Waals surface area contributed by atoms with Gasteiger partial charge in [-0.3, -0.25) is 15.0 Å². The van der Waals surface area contributed by atoms with E-state index in [0.29, 0.717) is 5.89 Å². The number of thiophene rings is 1. The molecule has 20 rings (SSSR count). The molecule has 0 aliphatic rings. The quantitative estimate of drug-likeness (QED) is 0.113. The van der Waals surface area contributed by atoms with E-state index in [0.717, 1.165) is 94.8 Å². The summed E-state index contributed by atoms with van der Waals surface area (Å²) in [6, 6.07) is 119. The molecule has 9 aromatic heterocycles. The SMILES string of the molecule is [Ir].[Ir].[Ir].[Ir].[Ir].[c-]1c(-c2ccccn2)c2ccccc2c2ccccc12.[c-]1cc2ccc3cccc4ccc(c1-c1ccccn1)c2c34.[c-]1ccccc1-c1ccccn1.[c-]1ccccc1-c1nc2cccnc2n1-c1ccccc1.[c-]1ccsc1-c1ccccn1.c1ccc(-c2nc3ccccc3o2)nc1. The van der Waals surface area contributed by atoms with Crippen LogP contribution in [0.3, 0.4) is 0 Å². The number of benzene rings is 11. The number of hydrogen-bond acceptors (Lipinski definition) is 10. The van der Waals surface area contributed by atoms with Gasteiger partial charge in [-0.25, -0.2) is 21.3 Å². The van der Waals surface area contributed by atoms with Crippen molar-refractivity contribution in [3.8, 4) is 73.0 Å². The monoisotopic (exact) mass is 2280 g/mol. The summed E-state index contributed by atoms with van der Waals surface area (Å²) in [5, 5.41) is 14.5. The van der Waals surface area contributed by atoms with Gasteiger partial charge >= 0.3 is 0 Å². The molecule has 0 amide bonds. The van der Waals surface area contributed by atoms with Gasteiger partial charge in [0.1, 0.15) is 11.2 Å². The Kier molecular flexibility index (Phi) is 28.6. The minimum absolute atomic E-state index is 0. The van der Waals surface area contributed by atoms with Gasteiger partial charge in [-0.2, -0.15) is 12.1 Å². The Morgan fingerprint density at radius 2 is 0.868 bits per heavy atom. The number of pyridine rings is 6. The smallest absolute Gasteiger partial charge is 0.246 e. The van der Waals surface area contributed by atoms with Crippen molar-refractivity contribution in [1.82, 2.24) is 44.4 Å². The van der Waals surface area contributed by atoms with E-state index in [9.17, 15) is 0 Å². The molecule has 0 saturated carbocycles. The van der Waals surface area contributed by atoms with Gasteiger partial charge in [0.15, 0.2) is 11.2 Å². The van der Waals surface area contributed by atoms with E-state index in [1.165, 1.54) is 48.5 Å². The van der Waals surface area contributed by atoms with E-state index in [1.807, 2.05) is 218 Å². The van der Waals surface area contributed by atoms with Gasteiger partial charge in [-0.1, -0.05) is 213 Å². The molecule has 0 aliphatic carbocycles. The molecule has 0 fully saturated rings. The molecule has 16 heteroatoms. The summed E-state index contributed by atoms with van der Waals surface area (Å²) in [4.78, 5) is 36.3. The van der Waals surface area contributed by atoms with Crippen molar-refractivity contribution in [3.05, 3.63) is 382 Å². The van der Waals surface area contributed by atoms with Crippen LogP contribution in [0.1, 0.15) is 0 Å². The number of rotatable bonds is 7. The van der Waals surface area contributed by atoms with Gasteiger partial charge in [0.2, 0.25) is 5.89 Å². The van der Waals surface area contributed by atoms with Crippen LogP contribution in [0.5, 0.6) is 0 Å². The average Bonchev–Trinajstić information content (AvgIpc) is 0.979. The van der Waals surface area contributed by atoms with Gasteiger partial charge in [-0.05, 0) is 106 Å². The van der Waals surface area contributed by atoms with Crippen LogP contribution in [0, 0.1) is 30.3 Å². The number of imidazole rings is 1. The van der Waals surface area contributed by atoms with E-state index in [2.05, 4.69) is 179 Å². The molecule has 20 aromatic rings. The van der Waals surface area contributed by atoms with Crippen molar-refractivity contribution in [3.63, 3.8) is 0 Å². The van der Waals surface area contributed by atoms with Crippen molar-refractivity contribution in [1.29, 1.82) is 0 Å². The first kappa shape index (κ1) is 78.4. The fourth-order valence-corrected chi connectivity index (χ4v) is 12.6. The Balaban J connectivity index is 0.000000137. The van der Waals surface area contributed by atoms with Crippen molar-refractivity contribution < 1.29 is 105 Å². The Hall–Kier alpha value is -10.2. The molecule has 11 aromatic carbocycles. The molecular formula is C90H58Ir5N9OS-5. The van der Waals surface area contributed by atoms with Crippen molar-refractivity contribution in [2.24, 2.45) is 0 Å². The van der Waals surface area contributed by atoms with Crippen LogP contribution in [0.25, 0.3) is 149 Å². The maximum atomic E-state index is 5.58. The number of hydrogen-bond donors (Lipinski definition) is 0. The predicted molar refractivity (Wildman–Crippen MR) is 411 cm³/mol. The van der Waals surface area contributed by atoms with Gasteiger partial charge in [0.05, 0.1) is 11.3 Å². The third kappa shape index (κ3) is 18.3. The molecule has 0 unspecified atom stereocenters. The minimum atomic E-state index is 0. The Labute approximate surface area is 685 Å². The van der Waals surface area contributed by atoms with E-state index in [-0.39, 0.29) is 101 Å². The molecule has 0 N–H and O–H groups in total. The zero-order valence-corrected chi connectivity index (χ0v) is 68.8. The van der Waals surface area contributed by atoms with Gasteiger partial charge < -0.3 is 23.9 Å². The van der Waals surface area contributed by atoms with Gasteiger partial charge in [0, 0.05) is 149 Å². The predicted octanol–water partition coefficient (Wildman–Crippen LogP) is 22.2. The summed E-state index contributed by atoms with van der Waals surface area (Å²) >= 11 is 1.66. The molecule has 106 heavy (non-hydrogen) atoms. The second-order valence-corrected chi connectivity index (χ2v) is 23.9. The fourth-order valence-electron chi connectivity index (χ4n) is 11.9. The summed E-state index contributed by atoms with van der Waals surface area (Å²) in [6.07, 6.45) is 10.8. The fraction of sp³-hybridized carbons (Fsp3) is 0. The van der Waals surface area contributed by atoms with Crippen LogP contribution in [0.15, 0.2) is 356 Å². The third-order valence-electron chi connectivity index (χ3n) is 16.5. The number of fused-ring (bicyclic) bond motifs is 5. The Morgan fingerprint density at radius 3 is 1.50 bits per heavy atom.